The summed E-state index contributed by atoms with van der Waals surface area (Å²) in [6, 6.07) is 24.4. The van der Waals surface area contributed by atoms with Crippen LogP contribution in [0.15, 0.2) is 72.8 Å². The molecule has 0 saturated carbocycles. The van der Waals surface area contributed by atoms with Gasteiger partial charge in [0.2, 0.25) is 0 Å². The lowest BCUT2D eigenvalue weighted by molar-refractivity contribution is 0.211. The first-order valence-electron chi connectivity index (χ1n) is 10.7. The smallest absolute Gasteiger partial charge is 0.408 e. The number of fused-ring (bicyclic) bond motifs is 1. The van der Waals surface area contributed by atoms with Crippen LogP contribution in [-0.4, -0.2) is 47.1 Å². The van der Waals surface area contributed by atoms with Gasteiger partial charge in [0, 0.05) is 44.0 Å². The molecule has 1 amide bonds. The lowest BCUT2D eigenvalue weighted by atomic mass is 10.1. The molecule has 1 aliphatic rings. The number of H-pyrrole nitrogens is 1. The molecule has 7 nitrogen and oxygen atoms in total. The Morgan fingerprint density at radius 3 is 2.41 bits per heavy atom. The number of aromatic nitrogens is 2. The van der Waals surface area contributed by atoms with E-state index in [1.54, 1.807) is 12.1 Å². The summed E-state index contributed by atoms with van der Waals surface area (Å²) in [4.78, 5) is 24.0. The van der Waals surface area contributed by atoms with E-state index in [-0.39, 0.29) is 0 Å². The second-order valence-electron chi connectivity index (χ2n) is 7.95. The minimum atomic E-state index is -0.852. The van der Waals surface area contributed by atoms with Crippen LogP contribution in [0.5, 0.6) is 5.75 Å². The van der Waals surface area contributed by atoms with Gasteiger partial charge < -0.3 is 20.4 Å². The quantitative estimate of drug-likeness (QED) is 0.503. The maximum absolute atomic E-state index is 11.1. The van der Waals surface area contributed by atoms with Gasteiger partial charge in [-0.2, -0.15) is 0 Å². The summed E-state index contributed by atoms with van der Waals surface area (Å²) in [5, 5.41) is 0. The van der Waals surface area contributed by atoms with Crippen LogP contribution in [0.25, 0.3) is 22.4 Å². The van der Waals surface area contributed by atoms with Crippen molar-refractivity contribution < 1.29 is 9.53 Å². The van der Waals surface area contributed by atoms with Crippen molar-refractivity contribution in [3.05, 3.63) is 78.4 Å². The highest BCUT2D eigenvalue weighted by Crippen LogP contribution is 2.28. The van der Waals surface area contributed by atoms with E-state index in [2.05, 4.69) is 74.4 Å². The zero-order chi connectivity index (χ0) is 21.9. The Hall–Kier alpha value is -3.84. The Morgan fingerprint density at radius 1 is 0.938 bits per heavy atom. The maximum Gasteiger partial charge on any atom is 0.410 e. The first-order valence-corrected chi connectivity index (χ1v) is 10.7. The molecule has 1 fully saturated rings. The van der Waals surface area contributed by atoms with E-state index in [9.17, 15) is 4.79 Å². The third kappa shape index (κ3) is 4.29. The molecule has 162 valence electrons. The molecule has 1 saturated heterocycles. The molecule has 0 atom stereocenters. The van der Waals surface area contributed by atoms with Crippen molar-refractivity contribution in [2.45, 2.75) is 6.54 Å². The molecule has 7 heteroatoms. The number of para-hydroxylation sites is 1. The molecule has 0 spiro atoms. The van der Waals surface area contributed by atoms with Gasteiger partial charge in [-0.3, -0.25) is 4.90 Å². The van der Waals surface area contributed by atoms with Crippen LogP contribution in [0.2, 0.25) is 0 Å². The SMILES string of the molecule is NC(=O)Oc1cccc2[nH]c(-c3ccc(N4CCN(Cc5ccccc5)CC4)cc3)nc12. The normalized spacial score (nSPS) is 14.6. The molecular formula is C25H25N5O2. The molecule has 5 rings (SSSR count). The number of hydrogen-bond acceptors (Lipinski definition) is 5. The third-order valence-corrected chi connectivity index (χ3v) is 5.81. The topological polar surface area (TPSA) is 87.5 Å². The van der Waals surface area contributed by atoms with Gasteiger partial charge in [-0.15, -0.1) is 0 Å². The highest BCUT2D eigenvalue weighted by Gasteiger charge is 2.18. The average Bonchev–Trinajstić information content (AvgIpc) is 3.26. The Bertz CT molecular complexity index is 1210. The summed E-state index contributed by atoms with van der Waals surface area (Å²) >= 11 is 0. The first kappa shape index (κ1) is 20.1. The molecule has 3 N–H and O–H groups in total. The number of anilines is 1. The van der Waals surface area contributed by atoms with Crippen molar-refractivity contribution in [2.24, 2.45) is 5.73 Å². The van der Waals surface area contributed by atoms with Crippen LogP contribution >= 0.6 is 0 Å². The number of nitrogens with two attached hydrogens (primary N) is 1. The molecule has 32 heavy (non-hydrogen) atoms. The molecule has 1 aromatic heterocycles. The zero-order valence-electron chi connectivity index (χ0n) is 17.7. The van der Waals surface area contributed by atoms with Crippen LogP contribution in [-0.2, 0) is 6.54 Å². The fraction of sp³-hybridized carbons (Fsp3) is 0.200. The van der Waals surface area contributed by atoms with Gasteiger partial charge in [0.25, 0.3) is 0 Å². The van der Waals surface area contributed by atoms with Gasteiger partial charge >= 0.3 is 6.09 Å². The van der Waals surface area contributed by atoms with Crippen LogP contribution in [0.1, 0.15) is 5.56 Å². The van der Waals surface area contributed by atoms with E-state index in [0.717, 1.165) is 49.6 Å². The Kier molecular flexibility index (Phi) is 5.47. The molecular weight excluding hydrogens is 402 g/mol. The molecule has 1 aliphatic heterocycles. The number of ether oxygens (including phenoxy) is 1. The summed E-state index contributed by atoms with van der Waals surface area (Å²) in [6.07, 6.45) is -0.852. The third-order valence-electron chi connectivity index (χ3n) is 5.81. The monoisotopic (exact) mass is 427 g/mol. The first-order chi connectivity index (χ1) is 15.7. The minimum absolute atomic E-state index is 0.350. The van der Waals surface area contributed by atoms with Crippen molar-refractivity contribution in [3.8, 4) is 17.1 Å². The van der Waals surface area contributed by atoms with Crippen LogP contribution in [0.4, 0.5) is 10.5 Å². The molecule has 2 heterocycles. The lowest BCUT2D eigenvalue weighted by Crippen LogP contribution is -2.45. The number of primary amides is 1. The van der Waals surface area contributed by atoms with Crippen molar-refractivity contribution in [2.75, 3.05) is 31.1 Å². The summed E-state index contributed by atoms with van der Waals surface area (Å²) in [6.45, 7) is 5.10. The van der Waals surface area contributed by atoms with Gasteiger partial charge in [0.15, 0.2) is 5.75 Å². The Morgan fingerprint density at radius 2 is 1.69 bits per heavy atom. The second kappa shape index (κ2) is 8.72. The average molecular weight is 428 g/mol. The predicted octanol–water partition coefficient (Wildman–Crippen LogP) is 4.01. The standard InChI is InChI=1S/C25H25N5O2/c26-25(31)32-22-8-4-7-21-23(22)28-24(27-21)19-9-11-20(12-10-19)30-15-13-29(14-16-30)17-18-5-2-1-3-6-18/h1-12H,13-17H2,(H2,26,31)(H,27,28). The molecule has 3 aromatic carbocycles. The van der Waals surface area contributed by atoms with E-state index in [0.29, 0.717) is 11.3 Å². The molecule has 0 unspecified atom stereocenters. The van der Waals surface area contributed by atoms with Crippen LogP contribution in [0.3, 0.4) is 0 Å². The maximum atomic E-state index is 11.1. The predicted molar refractivity (Wildman–Crippen MR) is 126 cm³/mol. The second-order valence-corrected chi connectivity index (χ2v) is 7.95. The van der Waals surface area contributed by atoms with Crippen molar-refractivity contribution in [1.82, 2.24) is 14.9 Å². The van der Waals surface area contributed by atoms with Gasteiger partial charge in [-0.25, -0.2) is 9.78 Å². The van der Waals surface area contributed by atoms with Crippen LogP contribution < -0.4 is 15.4 Å². The summed E-state index contributed by atoms with van der Waals surface area (Å²) in [5.74, 6) is 1.07. The number of rotatable bonds is 5. The van der Waals surface area contributed by atoms with E-state index in [4.69, 9.17) is 10.5 Å². The van der Waals surface area contributed by atoms with Gasteiger partial charge in [0.1, 0.15) is 11.3 Å². The van der Waals surface area contributed by atoms with E-state index in [1.165, 1.54) is 11.3 Å². The highest BCUT2D eigenvalue weighted by molar-refractivity contribution is 5.87. The Labute approximate surface area is 186 Å². The van der Waals surface area contributed by atoms with Crippen molar-refractivity contribution in [1.29, 1.82) is 0 Å². The number of amides is 1. The van der Waals surface area contributed by atoms with E-state index >= 15 is 0 Å². The summed E-state index contributed by atoms with van der Waals surface area (Å²) < 4.78 is 5.07. The number of imidazole rings is 1. The number of carbonyl (C=O) groups excluding carboxylic acids is 1. The van der Waals surface area contributed by atoms with Crippen molar-refractivity contribution >= 4 is 22.8 Å². The number of nitrogens with one attached hydrogen (secondary N) is 1. The Balaban J connectivity index is 1.26. The van der Waals surface area contributed by atoms with E-state index < -0.39 is 6.09 Å². The molecule has 0 radical (unpaired) electrons. The van der Waals surface area contributed by atoms with Gasteiger partial charge in [0.05, 0.1) is 5.52 Å². The lowest BCUT2D eigenvalue weighted by Gasteiger charge is -2.36. The number of piperazine rings is 1. The number of aromatic amines is 1. The zero-order valence-corrected chi connectivity index (χ0v) is 17.7. The van der Waals surface area contributed by atoms with Crippen LogP contribution in [0, 0.1) is 0 Å². The molecule has 0 bridgehead atoms. The summed E-state index contributed by atoms with van der Waals surface area (Å²) in [5.41, 5.74) is 10.1. The largest absolute Gasteiger partial charge is 0.410 e. The van der Waals surface area contributed by atoms with Crippen molar-refractivity contribution in [3.63, 3.8) is 0 Å². The van der Waals surface area contributed by atoms with Gasteiger partial charge in [-0.1, -0.05) is 36.4 Å². The fourth-order valence-corrected chi connectivity index (χ4v) is 4.17. The minimum Gasteiger partial charge on any atom is -0.408 e. The molecule has 0 aliphatic carbocycles. The highest BCUT2D eigenvalue weighted by atomic mass is 16.5. The number of hydrogen-bond donors (Lipinski definition) is 2. The number of carbonyl (C=O) groups is 1. The number of benzene rings is 3. The van der Waals surface area contributed by atoms with E-state index in [1.807, 2.05) is 6.07 Å². The van der Waals surface area contributed by atoms with Gasteiger partial charge in [-0.05, 0) is 42.0 Å². The summed E-state index contributed by atoms with van der Waals surface area (Å²) in [7, 11) is 0. The molecule has 4 aromatic rings. The number of nitrogens with zero attached hydrogens (tertiary/aromatic N) is 3. The fourth-order valence-electron chi connectivity index (χ4n) is 4.17.